The van der Waals surface area contributed by atoms with E-state index in [0.717, 1.165) is 16.3 Å². The minimum Gasteiger partial charge on any atom is -0.507 e. The van der Waals surface area contributed by atoms with Gasteiger partial charge in [-0.05, 0) is 12.3 Å². The van der Waals surface area contributed by atoms with Crippen molar-refractivity contribution in [3.05, 3.63) is 42.0 Å². The van der Waals surface area contributed by atoms with Crippen LogP contribution in [-0.4, -0.2) is 17.6 Å². The molecule has 0 aliphatic heterocycles. The van der Waals surface area contributed by atoms with Crippen LogP contribution in [0.5, 0.6) is 5.75 Å². The second-order valence-electron chi connectivity index (χ2n) is 4.29. The molecule has 94 valence electrons. The number of aromatic hydroxyl groups is 1. The number of phenols is 1. The summed E-state index contributed by atoms with van der Waals surface area (Å²) < 4.78 is 0. The number of primary amides is 1. The van der Waals surface area contributed by atoms with E-state index in [9.17, 15) is 9.90 Å². The van der Waals surface area contributed by atoms with Gasteiger partial charge >= 0.3 is 0 Å². The number of phenolic OH excluding ortho intramolecular Hbond substituents is 1. The zero-order valence-corrected chi connectivity index (χ0v) is 10.2. The van der Waals surface area contributed by atoms with Crippen LogP contribution >= 0.6 is 0 Å². The number of nitrogens with two attached hydrogens (primary N) is 1. The fraction of sp³-hybridized carbons (Fsp3) is 0.214. The lowest BCUT2D eigenvalue weighted by Gasteiger charge is -2.16. The highest BCUT2D eigenvalue weighted by Gasteiger charge is 2.12. The van der Waals surface area contributed by atoms with E-state index < -0.39 is 5.91 Å². The van der Waals surface area contributed by atoms with Crippen LogP contribution in [0.25, 0.3) is 10.8 Å². The van der Waals surface area contributed by atoms with Crippen LogP contribution in [0.1, 0.15) is 18.5 Å². The van der Waals surface area contributed by atoms with Crippen LogP contribution in [0.4, 0.5) is 0 Å². The van der Waals surface area contributed by atoms with Crippen LogP contribution in [0, 0.1) is 0 Å². The molecule has 1 atom stereocenters. The lowest BCUT2D eigenvalue weighted by molar-refractivity contribution is -0.117. The Morgan fingerprint density at radius 2 is 2.06 bits per heavy atom. The fourth-order valence-corrected chi connectivity index (χ4v) is 1.99. The molecule has 0 aliphatic carbocycles. The first-order valence-corrected chi connectivity index (χ1v) is 5.82. The third kappa shape index (κ3) is 2.43. The fourth-order valence-electron chi connectivity index (χ4n) is 1.99. The van der Waals surface area contributed by atoms with Crippen molar-refractivity contribution in [1.82, 2.24) is 5.32 Å². The summed E-state index contributed by atoms with van der Waals surface area (Å²) in [5, 5.41) is 15.0. The predicted molar refractivity (Wildman–Crippen MR) is 71.2 cm³/mol. The minimum absolute atomic E-state index is 0.0907. The van der Waals surface area contributed by atoms with Gasteiger partial charge in [0.25, 0.3) is 0 Å². The van der Waals surface area contributed by atoms with Crippen LogP contribution in [0.15, 0.2) is 36.4 Å². The van der Waals surface area contributed by atoms with Gasteiger partial charge in [-0.25, -0.2) is 0 Å². The van der Waals surface area contributed by atoms with Crippen LogP contribution in [0.3, 0.4) is 0 Å². The highest BCUT2D eigenvalue weighted by molar-refractivity contribution is 5.89. The molecule has 0 saturated carbocycles. The molecule has 0 spiro atoms. The Bertz CT molecular complexity index is 581. The molecule has 2 aromatic carbocycles. The normalized spacial score (nSPS) is 12.5. The maximum absolute atomic E-state index is 10.7. The summed E-state index contributed by atoms with van der Waals surface area (Å²) in [4.78, 5) is 10.7. The predicted octanol–water partition coefficient (Wildman–Crippen LogP) is 1.68. The van der Waals surface area contributed by atoms with E-state index in [4.69, 9.17) is 5.73 Å². The van der Waals surface area contributed by atoms with Gasteiger partial charge in [-0.15, -0.1) is 0 Å². The molecule has 4 nitrogen and oxygen atoms in total. The average Bonchev–Trinajstić information content (AvgIpc) is 2.37. The van der Waals surface area contributed by atoms with E-state index in [-0.39, 0.29) is 18.3 Å². The van der Waals surface area contributed by atoms with Crippen LogP contribution in [0.2, 0.25) is 0 Å². The Labute approximate surface area is 105 Å². The Balaban J connectivity index is 2.33. The Morgan fingerprint density at radius 3 is 2.78 bits per heavy atom. The number of fused-ring (bicyclic) bond motifs is 1. The van der Waals surface area contributed by atoms with E-state index in [2.05, 4.69) is 5.32 Å². The van der Waals surface area contributed by atoms with Crippen molar-refractivity contribution in [3.8, 4) is 5.75 Å². The molecule has 0 fully saturated rings. The van der Waals surface area contributed by atoms with E-state index in [1.54, 1.807) is 0 Å². The van der Waals surface area contributed by atoms with Gasteiger partial charge in [0.1, 0.15) is 5.75 Å². The van der Waals surface area contributed by atoms with Crippen molar-refractivity contribution < 1.29 is 9.90 Å². The smallest absolute Gasteiger partial charge is 0.231 e. The molecule has 0 heterocycles. The summed E-state index contributed by atoms with van der Waals surface area (Å²) >= 11 is 0. The summed E-state index contributed by atoms with van der Waals surface area (Å²) in [5.41, 5.74) is 5.84. The molecular formula is C14H16N2O2. The van der Waals surface area contributed by atoms with Gasteiger partial charge in [0.15, 0.2) is 0 Å². The van der Waals surface area contributed by atoms with Crippen molar-refractivity contribution in [3.63, 3.8) is 0 Å². The zero-order chi connectivity index (χ0) is 13.1. The Kier molecular flexibility index (Phi) is 3.48. The Morgan fingerprint density at radius 1 is 1.33 bits per heavy atom. The van der Waals surface area contributed by atoms with Crippen molar-refractivity contribution in [2.75, 3.05) is 6.54 Å². The van der Waals surface area contributed by atoms with E-state index in [0.29, 0.717) is 0 Å². The largest absolute Gasteiger partial charge is 0.507 e. The van der Waals surface area contributed by atoms with Gasteiger partial charge in [-0.2, -0.15) is 0 Å². The molecule has 2 aromatic rings. The molecule has 1 amide bonds. The van der Waals surface area contributed by atoms with Crippen molar-refractivity contribution >= 4 is 16.7 Å². The number of hydrogen-bond donors (Lipinski definition) is 3. The highest BCUT2D eigenvalue weighted by Crippen LogP contribution is 2.32. The minimum atomic E-state index is -0.415. The molecule has 18 heavy (non-hydrogen) atoms. The van der Waals surface area contributed by atoms with Gasteiger partial charge in [0, 0.05) is 17.0 Å². The molecule has 2 rings (SSSR count). The molecule has 0 bridgehead atoms. The monoisotopic (exact) mass is 244 g/mol. The third-order valence-electron chi connectivity index (χ3n) is 2.98. The molecular weight excluding hydrogens is 228 g/mol. The molecule has 0 radical (unpaired) electrons. The molecule has 1 unspecified atom stereocenters. The standard InChI is InChI=1S/C14H16N2O2/c1-9(16-8-13(15)17)11-7-6-10-4-2-3-5-12(10)14(11)18/h2-7,9,16,18H,8H2,1H3,(H2,15,17). The summed E-state index contributed by atoms with van der Waals surface area (Å²) in [6, 6.07) is 11.3. The molecule has 0 saturated heterocycles. The van der Waals surface area contributed by atoms with Gasteiger partial charge in [-0.3, -0.25) is 4.79 Å². The van der Waals surface area contributed by atoms with Gasteiger partial charge in [0.2, 0.25) is 5.91 Å². The topological polar surface area (TPSA) is 75.3 Å². The average molecular weight is 244 g/mol. The summed E-state index contributed by atoms with van der Waals surface area (Å²) in [6.45, 7) is 1.97. The van der Waals surface area contributed by atoms with E-state index in [1.807, 2.05) is 43.3 Å². The number of nitrogens with one attached hydrogen (secondary N) is 1. The van der Waals surface area contributed by atoms with Crippen molar-refractivity contribution in [2.24, 2.45) is 5.73 Å². The van der Waals surface area contributed by atoms with E-state index >= 15 is 0 Å². The lowest BCUT2D eigenvalue weighted by atomic mass is 10.0. The number of amides is 1. The number of carbonyl (C=O) groups excluding carboxylic acids is 1. The first-order valence-electron chi connectivity index (χ1n) is 5.82. The molecule has 0 aromatic heterocycles. The quantitative estimate of drug-likeness (QED) is 0.766. The van der Waals surface area contributed by atoms with Gasteiger partial charge < -0.3 is 16.2 Å². The number of hydrogen-bond acceptors (Lipinski definition) is 3. The first kappa shape index (κ1) is 12.4. The molecule has 0 aliphatic rings. The highest BCUT2D eigenvalue weighted by atomic mass is 16.3. The zero-order valence-electron chi connectivity index (χ0n) is 10.2. The maximum atomic E-state index is 10.7. The van der Waals surface area contributed by atoms with Gasteiger partial charge in [-0.1, -0.05) is 36.4 Å². The second kappa shape index (κ2) is 5.06. The Hall–Kier alpha value is -2.07. The maximum Gasteiger partial charge on any atom is 0.231 e. The number of rotatable bonds is 4. The first-order chi connectivity index (χ1) is 8.59. The second-order valence-corrected chi connectivity index (χ2v) is 4.29. The van der Waals surface area contributed by atoms with Gasteiger partial charge in [0.05, 0.1) is 6.54 Å². The van der Waals surface area contributed by atoms with Crippen LogP contribution in [-0.2, 0) is 4.79 Å². The number of carbonyl (C=O) groups is 1. The van der Waals surface area contributed by atoms with Crippen molar-refractivity contribution in [2.45, 2.75) is 13.0 Å². The van der Waals surface area contributed by atoms with Crippen molar-refractivity contribution in [1.29, 1.82) is 0 Å². The lowest BCUT2D eigenvalue weighted by Crippen LogP contribution is -2.30. The van der Waals surface area contributed by atoms with Crippen LogP contribution < -0.4 is 11.1 Å². The molecule has 4 heteroatoms. The number of benzene rings is 2. The summed E-state index contributed by atoms with van der Waals surface area (Å²) in [7, 11) is 0. The van der Waals surface area contributed by atoms with E-state index in [1.165, 1.54) is 0 Å². The summed E-state index contributed by atoms with van der Waals surface area (Å²) in [5.74, 6) is -0.167. The third-order valence-corrected chi connectivity index (χ3v) is 2.98. The SMILES string of the molecule is CC(NCC(N)=O)c1ccc2ccccc2c1O. The molecule has 4 N–H and O–H groups in total. The summed E-state index contributed by atoms with van der Waals surface area (Å²) in [6.07, 6.45) is 0.